The molecular formula is C96H72BBrN8O2. The maximum atomic E-state index is 6.25. The van der Waals surface area contributed by atoms with Gasteiger partial charge in [0.1, 0.15) is 0 Å². The molecule has 18 aromatic rings. The summed E-state index contributed by atoms with van der Waals surface area (Å²) >= 11 is 3.77. The molecule has 19 rings (SSSR count). The van der Waals surface area contributed by atoms with Crippen LogP contribution in [-0.4, -0.2) is 57.4 Å². The minimum Gasteiger partial charge on any atom is -0.399 e. The predicted molar refractivity (Wildman–Crippen MR) is 447 cm³/mol. The average Bonchev–Trinajstić information content (AvgIpc) is 1.58. The van der Waals surface area contributed by atoms with Gasteiger partial charge in [-0.2, -0.15) is 0 Å². The number of hydrogen-bond acceptors (Lipinski definition) is 8. The largest absolute Gasteiger partial charge is 0.494 e. The van der Waals surface area contributed by atoms with E-state index in [2.05, 4.69) is 271 Å². The smallest absolute Gasteiger partial charge is 0.399 e. The maximum absolute atomic E-state index is 6.25. The Morgan fingerprint density at radius 2 is 0.574 bits per heavy atom. The zero-order chi connectivity index (χ0) is 73.1. The van der Waals surface area contributed by atoms with Crippen LogP contribution in [0.1, 0.15) is 27.7 Å². The van der Waals surface area contributed by atoms with Gasteiger partial charge in [0, 0.05) is 70.8 Å². The van der Waals surface area contributed by atoms with E-state index >= 15 is 0 Å². The molecule has 0 amide bonds. The fourth-order valence-corrected chi connectivity index (χ4v) is 14.7. The van der Waals surface area contributed by atoms with E-state index in [1.54, 1.807) is 0 Å². The van der Waals surface area contributed by atoms with Crippen molar-refractivity contribution in [2.75, 3.05) is 0 Å². The van der Waals surface area contributed by atoms with Crippen LogP contribution in [0.25, 0.3) is 157 Å². The van der Waals surface area contributed by atoms with Crippen molar-refractivity contribution in [2.45, 2.75) is 38.9 Å². The lowest BCUT2D eigenvalue weighted by Gasteiger charge is -2.32. The molecule has 0 N–H and O–H groups in total. The van der Waals surface area contributed by atoms with Crippen LogP contribution in [0.2, 0.25) is 0 Å². The molecule has 518 valence electrons. The second kappa shape index (κ2) is 29.6. The summed E-state index contributed by atoms with van der Waals surface area (Å²) in [6, 6.07) is 126. The standard InChI is InChI=1S/C45H30N4.C27H26BN3O2.C24H16BrN/c1-5-15-31(16-6-1)34-27-28-40-39(30-34)42-38(25-14-26-41(42)49(40)37-23-11-4-12-24-37)35-21-13-22-36(29-35)45-47-43(32-17-7-2-8-18-32)46-44(48-45)33-19-9-3-10-20-33;1-26(2)27(3,4)33-28(32-26)22-17-11-16-21(18-22)25-30-23(19-12-7-5-8-13-19)29-24(31-25)20-14-9-6-10-15-20;25-21-12-7-13-23-24(21)20-16-18(17-8-3-1-4-9-17)14-15-22(20)26(23)19-10-5-2-6-11-19/h1-30H;5-18H,1-4H3;1-16H. The van der Waals surface area contributed by atoms with Crippen molar-refractivity contribution in [3.63, 3.8) is 0 Å². The number of benzene rings is 14. The highest BCUT2D eigenvalue weighted by Crippen LogP contribution is 2.43. The SMILES string of the molecule is Brc1cccc2c1c1cc(-c3ccccc3)ccc1n2-c1ccccc1.CC1(C)OB(c2cccc(-c3nc(-c4ccccc4)nc(-c4ccccc4)n3)c2)OC1(C)C.c1ccc(-c2ccc3c(c2)c2c(-c4cccc(-c5nc(-c6ccccc6)nc(-c6ccccc6)n5)c4)cccc2n3-c2ccccc2)cc1. The van der Waals surface area contributed by atoms with Crippen LogP contribution in [0.15, 0.2) is 368 Å². The van der Waals surface area contributed by atoms with Crippen LogP contribution in [0.3, 0.4) is 0 Å². The third-order valence-corrected chi connectivity index (χ3v) is 20.9. The van der Waals surface area contributed by atoms with Gasteiger partial charge in [-0.1, -0.05) is 307 Å². The number of aromatic nitrogens is 8. The molecule has 1 fully saturated rings. The quantitative estimate of drug-likeness (QED) is 0.111. The van der Waals surface area contributed by atoms with Crippen molar-refractivity contribution in [1.29, 1.82) is 0 Å². The molecule has 5 heterocycles. The first-order valence-corrected chi connectivity index (χ1v) is 37.1. The van der Waals surface area contributed by atoms with Gasteiger partial charge in [0.25, 0.3) is 0 Å². The number of nitrogens with zero attached hydrogens (tertiary/aromatic N) is 8. The van der Waals surface area contributed by atoms with Crippen LogP contribution in [0, 0.1) is 0 Å². The van der Waals surface area contributed by atoms with E-state index in [9.17, 15) is 0 Å². The molecule has 10 nitrogen and oxygen atoms in total. The van der Waals surface area contributed by atoms with E-state index in [-0.39, 0.29) is 0 Å². The first-order chi connectivity index (χ1) is 52.9. The molecule has 0 unspecified atom stereocenters. The molecule has 4 aromatic heterocycles. The van der Waals surface area contributed by atoms with E-state index in [0.717, 1.165) is 65.6 Å². The van der Waals surface area contributed by atoms with Crippen LogP contribution < -0.4 is 5.46 Å². The Morgan fingerprint density at radius 1 is 0.259 bits per heavy atom. The molecule has 14 aromatic carbocycles. The molecule has 12 heteroatoms. The van der Waals surface area contributed by atoms with Gasteiger partial charge < -0.3 is 18.4 Å². The summed E-state index contributed by atoms with van der Waals surface area (Å²) in [7, 11) is -0.445. The molecular weight excluding hydrogens is 1390 g/mol. The van der Waals surface area contributed by atoms with E-state index in [1.165, 1.54) is 66.0 Å². The molecule has 1 saturated heterocycles. The highest BCUT2D eigenvalue weighted by Gasteiger charge is 2.51. The van der Waals surface area contributed by atoms with E-state index in [0.29, 0.717) is 34.9 Å². The van der Waals surface area contributed by atoms with Crippen LogP contribution in [0.4, 0.5) is 0 Å². The number of halogens is 1. The van der Waals surface area contributed by atoms with E-state index in [4.69, 9.17) is 39.2 Å². The topological polar surface area (TPSA) is 106 Å². The monoisotopic (exact) mass is 1460 g/mol. The Kier molecular flexibility index (Phi) is 18.7. The summed E-state index contributed by atoms with van der Waals surface area (Å²) in [5.74, 6) is 3.83. The normalized spacial score (nSPS) is 12.9. The minimum atomic E-state index is -0.445. The Bertz CT molecular complexity index is 6120. The molecule has 0 atom stereocenters. The molecule has 108 heavy (non-hydrogen) atoms. The Balaban J connectivity index is 0.000000126. The molecule has 0 radical (unpaired) electrons. The summed E-state index contributed by atoms with van der Waals surface area (Å²) in [6.45, 7) is 8.23. The second-order valence-corrected chi connectivity index (χ2v) is 28.6. The van der Waals surface area contributed by atoms with Crippen LogP contribution in [0.5, 0.6) is 0 Å². The van der Waals surface area contributed by atoms with Gasteiger partial charge in [-0.15, -0.1) is 0 Å². The highest BCUT2D eigenvalue weighted by molar-refractivity contribution is 9.10. The van der Waals surface area contributed by atoms with Gasteiger partial charge in [0.15, 0.2) is 34.9 Å². The van der Waals surface area contributed by atoms with Crippen molar-refractivity contribution in [3.8, 4) is 113 Å². The number of rotatable bonds is 12. The van der Waals surface area contributed by atoms with Crippen molar-refractivity contribution in [1.82, 2.24) is 39.0 Å². The third-order valence-electron chi connectivity index (χ3n) is 20.3. The molecule has 0 spiro atoms. The van der Waals surface area contributed by atoms with Gasteiger partial charge in [0.05, 0.1) is 33.3 Å². The summed E-state index contributed by atoms with van der Waals surface area (Å²) < 4.78 is 18.3. The lowest BCUT2D eigenvalue weighted by atomic mass is 9.78. The Hall–Kier alpha value is -12.8. The van der Waals surface area contributed by atoms with Gasteiger partial charge in [-0.25, -0.2) is 29.9 Å². The first kappa shape index (κ1) is 68.3. The van der Waals surface area contributed by atoms with E-state index in [1.807, 2.05) is 146 Å². The van der Waals surface area contributed by atoms with Gasteiger partial charge in [-0.3, -0.25) is 0 Å². The van der Waals surface area contributed by atoms with Gasteiger partial charge in [-0.05, 0) is 139 Å². The maximum Gasteiger partial charge on any atom is 0.494 e. The number of para-hydroxylation sites is 2. The highest BCUT2D eigenvalue weighted by atomic mass is 79.9. The van der Waals surface area contributed by atoms with Crippen molar-refractivity contribution < 1.29 is 9.31 Å². The number of hydrogen-bond donors (Lipinski definition) is 0. The molecule has 0 bridgehead atoms. The first-order valence-electron chi connectivity index (χ1n) is 36.3. The van der Waals surface area contributed by atoms with Crippen molar-refractivity contribution in [2.24, 2.45) is 0 Å². The third kappa shape index (κ3) is 13.7. The Morgan fingerprint density at radius 3 is 0.991 bits per heavy atom. The lowest BCUT2D eigenvalue weighted by molar-refractivity contribution is 0.00578. The molecule has 0 saturated carbocycles. The lowest BCUT2D eigenvalue weighted by Crippen LogP contribution is -2.41. The second-order valence-electron chi connectivity index (χ2n) is 27.7. The molecule has 0 aliphatic carbocycles. The average molecular weight is 1460 g/mol. The van der Waals surface area contributed by atoms with Crippen LogP contribution in [-0.2, 0) is 9.31 Å². The molecule has 1 aliphatic heterocycles. The summed E-state index contributed by atoms with van der Waals surface area (Å²) in [5, 5.41) is 4.93. The van der Waals surface area contributed by atoms with Gasteiger partial charge >= 0.3 is 7.12 Å². The van der Waals surface area contributed by atoms with E-state index < -0.39 is 18.3 Å². The summed E-state index contributed by atoms with van der Waals surface area (Å²) in [4.78, 5) is 29.3. The minimum absolute atomic E-state index is 0.401. The number of fused-ring (bicyclic) bond motifs is 6. The molecule has 1 aliphatic rings. The summed E-state index contributed by atoms with van der Waals surface area (Å²) in [5.41, 5.74) is 19.9. The Labute approximate surface area is 636 Å². The predicted octanol–water partition coefficient (Wildman–Crippen LogP) is 23.7. The van der Waals surface area contributed by atoms with Gasteiger partial charge in [0.2, 0.25) is 0 Å². The van der Waals surface area contributed by atoms with Crippen molar-refractivity contribution in [3.05, 3.63) is 368 Å². The van der Waals surface area contributed by atoms with Crippen molar-refractivity contribution >= 4 is 72.1 Å². The zero-order valence-electron chi connectivity index (χ0n) is 60.0. The fraction of sp³-hybridized carbons (Fsp3) is 0.0625. The zero-order valence-corrected chi connectivity index (χ0v) is 61.6. The fourth-order valence-electron chi connectivity index (χ4n) is 14.2. The van der Waals surface area contributed by atoms with Crippen LogP contribution >= 0.6 is 15.9 Å². The summed E-state index contributed by atoms with van der Waals surface area (Å²) in [6.07, 6.45) is 0.